The topological polar surface area (TPSA) is 76.1 Å². The normalized spacial score (nSPS) is 22.1. The van der Waals surface area contributed by atoms with Gasteiger partial charge in [0.25, 0.3) is 0 Å². The molecule has 1 aliphatic heterocycles. The summed E-state index contributed by atoms with van der Waals surface area (Å²) in [6, 6.07) is -0.883. The Bertz CT molecular complexity index is 230. The number of nitrogens with zero attached hydrogens (tertiary/aromatic N) is 1. The first-order chi connectivity index (χ1) is 6.66. The SMILES string of the molecule is COCC(=O)N1CCOCC1C(=O)O. The maximum absolute atomic E-state index is 11.4. The van der Waals surface area contributed by atoms with Gasteiger partial charge in [0.05, 0.1) is 13.2 Å². The van der Waals surface area contributed by atoms with E-state index in [1.54, 1.807) is 0 Å². The highest BCUT2D eigenvalue weighted by Crippen LogP contribution is 2.07. The number of carbonyl (C=O) groups excluding carboxylic acids is 1. The molecule has 0 radical (unpaired) electrons. The number of aliphatic carboxylic acids is 1. The van der Waals surface area contributed by atoms with E-state index < -0.39 is 12.0 Å². The third-order valence-corrected chi connectivity index (χ3v) is 2.00. The lowest BCUT2D eigenvalue weighted by molar-refractivity contribution is -0.159. The van der Waals surface area contributed by atoms with Gasteiger partial charge >= 0.3 is 5.97 Å². The van der Waals surface area contributed by atoms with Crippen LogP contribution in [-0.4, -0.2) is 61.4 Å². The summed E-state index contributed by atoms with van der Waals surface area (Å²) in [5.74, 6) is -1.36. The molecule has 0 aromatic rings. The highest BCUT2D eigenvalue weighted by Gasteiger charge is 2.32. The molecule has 1 atom stereocenters. The van der Waals surface area contributed by atoms with Crippen molar-refractivity contribution in [1.82, 2.24) is 4.90 Å². The average Bonchev–Trinajstić information content (AvgIpc) is 2.18. The summed E-state index contributed by atoms with van der Waals surface area (Å²) in [4.78, 5) is 23.4. The van der Waals surface area contributed by atoms with Gasteiger partial charge in [-0.2, -0.15) is 0 Å². The molecule has 80 valence electrons. The van der Waals surface area contributed by atoms with Gasteiger partial charge in [0.2, 0.25) is 5.91 Å². The van der Waals surface area contributed by atoms with Crippen LogP contribution in [0.2, 0.25) is 0 Å². The van der Waals surface area contributed by atoms with Crippen molar-refractivity contribution >= 4 is 11.9 Å². The molecule has 1 saturated heterocycles. The first-order valence-corrected chi connectivity index (χ1v) is 4.25. The van der Waals surface area contributed by atoms with Crippen molar-refractivity contribution in [3.63, 3.8) is 0 Å². The van der Waals surface area contributed by atoms with Crippen molar-refractivity contribution in [3.8, 4) is 0 Å². The fourth-order valence-electron chi connectivity index (χ4n) is 1.31. The van der Waals surface area contributed by atoms with Crippen LogP contribution in [0.4, 0.5) is 0 Å². The van der Waals surface area contributed by atoms with Crippen LogP contribution in [-0.2, 0) is 19.1 Å². The molecule has 1 aliphatic rings. The Morgan fingerprint density at radius 3 is 2.93 bits per heavy atom. The van der Waals surface area contributed by atoms with Crippen molar-refractivity contribution in [3.05, 3.63) is 0 Å². The van der Waals surface area contributed by atoms with E-state index in [-0.39, 0.29) is 19.1 Å². The number of carboxylic acids is 1. The van der Waals surface area contributed by atoms with Crippen LogP contribution in [0.3, 0.4) is 0 Å². The van der Waals surface area contributed by atoms with Crippen LogP contribution in [0, 0.1) is 0 Å². The summed E-state index contributed by atoms with van der Waals surface area (Å²) in [5, 5.41) is 8.81. The molecule has 6 nitrogen and oxygen atoms in total. The molecule has 0 aliphatic carbocycles. The van der Waals surface area contributed by atoms with Crippen molar-refractivity contribution in [2.24, 2.45) is 0 Å². The van der Waals surface area contributed by atoms with E-state index in [9.17, 15) is 9.59 Å². The van der Waals surface area contributed by atoms with Gasteiger partial charge in [-0.05, 0) is 0 Å². The van der Waals surface area contributed by atoms with Gasteiger partial charge in [-0.25, -0.2) is 4.79 Å². The van der Waals surface area contributed by atoms with Gasteiger partial charge < -0.3 is 19.5 Å². The number of carboxylic acid groups (broad SMARTS) is 1. The Kier molecular flexibility index (Phi) is 3.84. The van der Waals surface area contributed by atoms with E-state index in [1.807, 2.05) is 0 Å². The van der Waals surface area contributed by atoms with Gasteiger partial charge in [0.1, 0.15) is 6.61 Å². The van der Waals surface area contributed by atoms with Gasteiger partial charge in [-0.15, -0.1) is 0 Å². The minimum atomic E-state index is -1.05. The predicted molar refractivity (Wildman–Crippen MR) is 45.8 cm³/mol. The fraction of sp³-hybridized carbons (Fsp3) is 0.750. The van der Waals surface area contributed by atoms with Crippen LogP contribution in [0.5, 0.6) is 0 Å². The molecule has 1 heterocycles. The molecule has 1 rings (SSSR count). The molecule has 1 N–H and O–H groups in total. The third-order valence-electron chi connectivity index (χ3n) is 2.00. The lowest BCUT2D eigenvalue weighted by Crippen LogP contribution is -2.53. The number of rotatable bonds is 3. The second-order valence-corrected chi connectivity index (χ2v) is 2.95. The molecular weight excluding hydrogens is 190 g/mol. The number of morpholine rings is 1. The highest BCUT2D eigenvalue weighted by atomic mass is 16.5. The number of amides is 1. The summed E-state index contributed by atoms with van der Waals surface area (Å²) in [6.07, 6.45) is 0. The zero-order valence-electron chi connectivity index (χ0n) is 7.93. The number of hydrogen-bond acceptors (Lipinski definition) is 4. The summed E-state index contributed by atoms with van der Waals surface area (Å²) in [5.41, 5.74) is 0. The largest absolute Gasteiger partial charge is 0.480 e. The molecule has 0 saturated carbocycles. The van der Waals surface area contributed by atoms with E-state index in [4.69, 9.17) is 9.84 Å². The lowest BCUT2D eigenvalue weighted by atomic mass is 10.2. The van der Waals surface area contributed by atoms with Gasteiger partial charge in [-0.1, -0.05) is 0 Å². The summed E-state index contributed by atoms with van der Waals surface area (Å²) in [6.45, 7) is 0.632. The molecule has 0 bridgehead atoms. The molecule has 6 heteroatoms. The molecule has 14 heavy (non-hydrogen) atoms. The number of carbonyl (C=O) groups is 2. The van der Waals surface area contributed by atoms with E-state index >= 15 is 0 Å². The van der Waals surface area contributed by atoms with Crippen molar-refractivity contribution in [1.29, 1.82) is 0 Å². The van der Waals surface area contributed by atoms with Crippen LogP contribution < -0.4 is 0 Å². The molecule has 1 amide bonds. The van der Waals surface area contributed by atoms with E-state index in [0.29, 0.717) is 13.2 Å². The van der Waals surface area contributed by atoms with Crippen molar-refractivity contribution in [2.45, 2.75) is 6.04 Å². The van der Waals surface area contributed by atoms with E-state index in [1.165, 1.54) is 12.0 Å². The Morgan fingerprint density at radius 2 is 2.36 bits per heavy atom. The monoisotopic (exact) mass is 203 g/mol. The van der Waals surface area contributed by atoms with Gasteiger partial charge in [0.15, 0.2) is 6.04 Å². The second kappa shape index (κ2) is 4.92. The highest BCUT2D eigenvalue weighted by molar-refractivity contribution is 5.84. The summed E-state index contributed by atoms with van der Waals surface area (Å²) in [7, 11) is 1.40. The van der Waals surface area contributed by atoms with Crippen LogP contribution >= 0.6 is 0 Å². The Balaban J connectivity index is 2.62. The molecular formula is C8H13NO5. The Labute approximate surface area is 81.4 Å². The third kappa shape index (κ3) is 2.43. The first kappa shape index (κ1) is 10.9. The van der Waals surface area contributed by atoms with Crippen LogP contribution in [0.25, 0.3) is 0 Å². The lowest BCUT2D eigenvalue weighted by Gasteiger charge is -2.32. The quantitative estimate of drug-likeness (QED) is 0.633. The minimum Gasteiger partial charge on any atom is -0.480 e. The standard InChI is InChI=1S/C8H13NO5/c1-13-5-7(10)9-2-3-14-4-6(9)8(11)12/h6H,2-5H2,1H3,(H,11,12). The zero-order valence-corrected chi connectivity index (χ0v) is 7.93. The molecule has 0 aromatic carbocycles. The Morgan fingerprint density at radius 1 is 1.64 bits per heavy atom. The molecule has 1 fully saturated rings. The first-order valence-electron chi connectivity index (χ1n) is 4.25. The summed E-state index contributed by atoms with van der Waals surface area (Å²) < 4.78 is 9.65. The molecule has 1 unspecified atom stereocenters. The number of hydrogen-bond donors (Lipinski definition) is 1. The predicted octanol–water partition coefficient (Wildman–Crippen LogP) is -1.06. The van der Waals surface area contributed by atoms with E-state index in [2.05, 4.69) is 4.74 Å². The molecule has 0 spiro atoms. The maximum Gasteiger partial charge on any atom is 0.328 e. The van der Waals surface area contributed by atoms with Crippen LogP contribution in [0.15, 0.2) is 0 Å². The Hall–Kier alpha value is -1.14. The van der Waals surface area contributed by atoms with E-state index in [0.717, 1.165) is 0 Å². The summed E-state index contributed by atoms with van der Waals surface area (Å²) >= 11 is 0. The van der Waals surface area contributed by atoms with Gasteiger partial charge in [0, 0.05) is 13.7 Å². The average molecular weight is 203 g/mol. The van der Waals surface area contributed by atoms with Crippen LogP contribution in [0.1, 0.15) is 0 Å². The second-order valence-electron chi connectivity index (χ2n) is 2.95. The van der Waals surface area contributed by atoms with Crippen molar-refractivity contribution < 1.29 is 24.2 Å². The minimum absolute atomic E-state index is 0.0464. The van der Waals surface area contributed by atoms with Gasteiger partial charge in [-0.3, -0.25) is 4.79 Å². The maximum atomic E-state index is 11.4. The zero-order chi connectivity index (χ0) is 10.6. The smallest absolute Gasteiger partial charge is 0.328 e. The van der Waals surface area contributed by atoms with Crippen molar-refractivity contribution in [2.75, 3.05) is 33.5 Å². The number of ether oxygens (including phenoxy) is 2. The molecule has 0 aromatic heterocycles. The fourth-order valence-corrected chi connectivity index (χ4v) is 1.31. The number of methoxy groups -OCH3 is 1.